The number of aliphatic carboxylic acids is 1. The van der Waals surface area contributed by atoms with Crippen LogP contribution in [0.4, 0.5) is 0 Å². The van der Waals surface area contributed by atoms with Crippen molar-refractivity contribution < 1.29 is 9.90 Å². The predicted octanol–water partition coefficient (Wildman–Crippen LogP) is 1.24. The van der Waals surface area contributed by atoms with Gasteiger partial charge >= 0.3 is 5.97 Å². The first-order valence-corrected chi connectivity index (χ1v) is 4.47. The summed E-state index contributed by atoms with van der Waals surface area (Å²) in [5.74, 6) is -0.726. The van der Waals surface area contributed by atoms with E-state index in [2.05, 4.69) is 12.2 Å². The molecule has 70 valence electrons. The van der Waals surface area contributed by atoms with Gasteiger partial charge in [0.05, 0.1) is 6.42 Å². The number of carboxylic acids is 1. The number of rotatable bonds is 5. The molecule has 1 aliphatic carbocycles. The summed E-state index contributed by atoms with van der Waals surface area (Å²) in [5.41, 5.74) is 0.465. The Hall–Kier alpha value is -0.570. The first-order chi connectivity index (χ1) is 5.52. The predicted molar refractivity (Wildman–Crippen MR) is 47.1 cm³/mol. The Morgan fingerprint density at radius 2 is 2.25 bits per heavy atom. The fraction of sp³-hybridized carbons (Fsp3) is 0.889. The molecule has 1 unspecified atom stereocenters. The van der Waals surface area contributed by atoms with Crippen LogP contribution in [0.1, 0.15) is 33.1 Å². The summed E-state index contributed by atoms with van der Waals surface area (Å²) in [6, 6.07) is 0.0972. The van der Waals surface area contributed by atoms with Gasteiger partial charge in [-0.3, -0.25) is 4.79 Å². The summed E-state index contributed by atoms with van der Waals surface area (Å²) in [7, 11) is 0. The van der Waals surface area contributed by atoms with Crippen LogP contribution >= 0.6 is 0 Å². The maximum Gasteiger partial charge on any atom is 0.304 e. The first-order valence-electron chi connectivity index (χ1n) is 4.47. The third-order valence-corrected chi connectivity index (χ3v) is 2.46. The zero-order chi connectivity index (χ0) is 9.19. The highest BCUT2D eigenvalue weighted by Crippen LogP contribution is 2.44. The summed E-state index contributed by atoms with van der Waals surface area (Å²) in [6.45, 7) is 5.11. The van der Waals surface area contributed by atoms with Crippen LogP contribution in [0.15, 0.2) is 0 Å². The standard InChI is InChI=1S/C9H17NO2/c1-7(5-8(11)12)10-6-9(2)3-4-9/h7,10H,3-6H2,1-2H3,(H,11,12). The van der Waals surface area contributed by atoms with E-state index in [0.29, 0.717) is 5.41 Å². The normalized spacial score (nSPS) is 21.8. The van der Waals surface area contributed by atoms with Crippen molar-refractivity contribution in [2.75, 3.05) is 6.54 Å². The summed E-state index contributed by atoms with van der Waals surface area (Å²) >= 11 is 0. The van der Waals surface area contributed by atoms with Gasteiger partial charge in [0, 0.05) is 12.6 Å². The van der Waals surface area contributed by atoms with Gasteiger partial charge in [-0.15, -0.1) is 0 Å². The number of carbonyl (C=O) groups is 1. The highest BCUT2D eigenvalue weighted by Gasteiger charge is 2.36. The topological polar surface area (TPSA) is 49.3 Å². The van der Waals surface area contributed by atoms with Crippen LogP contribution < -0.4 is 5.32 Å². The van der Waals surface area contributed by atoms with Crippen molar-refractivity contribution in [1.29, 1.82) is 0 Å². The van der Waals surface area contributed by atoms with Gasteiger partial charge in [-0.25, -0.2) is 0 Å². The first kappa shape index (κ1) is 9.52. The average molecular weight is 171 g/mol. The number of nitrogens with one attached hydrogen (secondary N) is 1. The maximum absolute atomic E-state index is 10.3. The fourth-order valence-corrected chi connectivity index (χ4v) is 1.14. The Morgan fingerprint density at radius 1 is 1.67 bits per heavy atom. The molecule has 1 fully saturated rings. The highest BCUT2D eigenvalue weighted by atomic mass is 16.4. The van der Waals surface area contributed by atoms with Crippen molar-refractivity contribution in [2.45, 2.75) is 39.2 Å². The molecule has 0 bridgehead atoms. The van der Waals surface area contributed by atoms with E-state index >= 15 is 0 Å². The van der Waals surface area contributed by atoms with Crippen molar-refractivity contribution in [3.8, 4) is 0 Å². The largest absolute Gasteiger partial charge is 0.481 e. The minimum absolute atomic E-state index is 0.0972. The van der Waals surface area contributed by atoms with Crippen LogP contribution in [-0.2, 0) is 4.79 Å². The molecule has 1 rings (SSSR count). The van der Waals surface area contributed by atoms with Crippen molar-refractivity contribution in [1.82, 2.24) is 5.32 Å². The molecule has 0 saturated heterocycles. The van der Waals surface area contributed by atoms with Gasteiger partial charge in [-0.2, -0.15) is 0 Å². The zero-order valence-corrected chi connectivity index (χ0v) is 7.76. The van der Waals surface area contributed by atoms with Gasteiger partial charge in [0.2, 0.25) is 0 Å². The molecule has 2 N–H and O–H groups in total. The van der Waals surface area contributed by atoms with Gasteiger partial charge in [0.15, 0.2) is 0 Å². The Labute approximate surface area is 73.2 Å². The van der Waals surface area contributed by atoms with E-state index in [0.717, 1.165) is 6.54 Å². The molecule has 12 heavy (non-hydrogen) atoms. The molecule has 1 saturated carbocycles. The molecule has 0 aromatic heterocycles. The van der Waals surface area contributed by atoms with Crippen molar-refractivity contribution >= 4 is 5.97 Å². The molecule has 0 aliphatic heterocycles. The third kappa shape index (κ3) is 3.22. The minimum Gasteiger partial charge on any atom is -0.481 e. The molecule has 0 aromatic carbocycles. The summed E-state index contributed by atoms with van der Waals surface area (Å²) in [4.78, 5) is 10.3. The maximum atomic E-state index is 10.3. The number of hydrogen-bond acceptors (Lipinski definition) is 2. The Kier molecular flexibility index (Phi) is 2.73. The summed E-state index contributed by atoms with van der Waals surface area (Å²) in [6.07, 6.45) is 2.77. The Bertz CT molecular complexity index is 175. The zero-order valence-electron chi connectivity index (χ0n) is 7.76. The highest BCUT2D eigenvalue weighted by molar-refractivity contribution is 5.67. The Balaban J connectivity index is 2.09. The van der Waals surface area contributed by atoms with Gasteiger partial charge in [-0.1, -0.05) is 6.92 Å². The van der Waals surface area contributed by atoms with E-state index in [1.165, 1.54) is 12.8 Å². The van der Waals surface area contributed by atoms with E-state index in [9.17, 15) is 4.79 Å². The summed E-state index contributed by atoms with van der Waals surface area (Å²) < 4.78 is 0. The van der Waals surface area contributed by atoms with Gasteiger partial charge < -0.3 is 10.4 Å². The van der Waals surface area contributed by atoms with Crippen LogP contribution in [0, 0.1) is 5.41 Å². The minimum atomic E-state index is -0.726. The quantitative estimate of drug-likeness (QED) is 0.654. The monoisotopic (exact) mass is 171 g/mol. The molecule has 1 aliphatic rings. The Morgan fingerprint density at radius 3 is 2.67 bits per heavy atom. The van der Waals surface area contributed by atoms with Gasteiger partial charge in [0.1, 0.15) is 0 Å². The van der Waals surface area contributed by atoms with Crippen LogP contribution in [0.3, 0.4) is 0 Å². The van der Waals surface area contributed by atoms with Gasteiger partial charge in [0.25, 0.3) is 0 Å². The molecular weight excluding hydrogens is 154 g/mol. The molecule has 0 spiro atoms. The fourth-order valence-electron chi connectivity index (χ4n) is 1.14. The van der Waals surface area contributed by atoms with Crippen LogP contribution in [0.25, 0.3) is 0 Å². The van der Waals surface area contributed by atoms with E-state index < -0.39 is 5.97 Å². The van der Waals surface area contributed by atoms with Crippen LogP contribution in [-0.4, -0.2) is 23.7 Å². The summed E-state index contributed by atoms with van der Waals surface area (Å²) in [5, 5.41) is 11.7. The molecule has 1 atom stereocenters. The second kappa shape index (κ2) is 3.44. The van der Waals surface area contributed by atoms with Crippen LogP contribution in [0.5, 0.6) is 0 Å². The molecule has 3 heteroatoms. The van der Waals surface area contributed by atoms with E-state index in [4.69, 9.17) is 5.11 Å². The average Bonchev–Trinajstić information content (AvgIpc) is 2.64. The molecular formula is C9H17NO2. The second-order valence-corrected chi connectivity index (χ2v) is 4.19. The lowest BCUT2D eigenvalue weighted by molar-refractivity contribution is -0.137. The van der Waals surface area contributed by atoms with Crippen molar-refractivity contribution in [3.63, 3.8) is 0 Å². The third-order valence-electron chi connectivity index (χ3n) is 2.46. The molecule has 0 radical (unpaired) electrons. The molecule has 0 amide bonds. The molecule has 3 nitrogen and oxygen atoms in total. The van der Waals surface area contributed by atoms with E-state index in [1.54, 1.807) is 0 Å². The lowest BCUT2D eigenvalue weighted by Gasteiger charge is -2.14. The molecule has 0 heterocycles. The van der Waals surface area contributed by atoms with E-state index in [1.807, 2.05) is 6.92 Å². The SMILES string of the molecule is CC(CC(=O)O)NCC1(C)CC1. The van der Waals surface area contributed by atoms with E-state index in [-0.39, 0.29) is 12.5 Å². The second-order valence-electron chi connectivity index (χ2n) is 4.19. The smallest absolute Gasteiger partial charge is 0.304 e. The molecule has 0 aromatic rings. The van der Waals surface area contributed by atoms with Gasteiger partial charge in [-0.05, 0) is 25.2 Å². The lowest BCUT2D eigenvalue weighted by atomic mass is 10.1. The number of hydrogen-bond donors (Lipinski definition) is 2. The number of carboxylic acid groups (broad SMARTS) is 1. The van der Waals surface area contributed by atoms with Crippen LogP contribution in [0.2, 0.25) is 0 Å². The van der Waals surface area contributed by atoms with Crippen molar-refractivity contribution in [3.05, 3.63) is 0 Å². The van der Waals surface area contributed by atoms with Crippen molar-refractivity contribution in [2.24, 2.45) is 5.41 Å². The lowest BCUT2D eigenvalue weighted by Crippen LogP contribution is -2.32.